The second-order valence-electron chi connectivity index (χ2n) is 5.72. The topological polar surface area (TPSA) is 62.5 Å². The van der Waals surface area contributed by atoms with Gasteiger partial charge < -0.3 is 14.3 Å². The van der Waals surface area contributed by atoms with E-state index in [0.717, 1.165) is 33.5 Å². The quantitative estimate of drug-likeness (QED) is 0.700. The number of hydrogen-bond acceptors (Lipinski definition) is 6. The summed E-state index contributed by atoms with van der Waals surface area (Å²) >= 11 is 7.66. The standard InChI is InChI=1S/C16H15ClN4O2S/c1-10-8-13(23-19-10)15(22)20-4-6-21(7-5-20)16-18-12-3-2-11(17)9-14(12)24-16/h2-3,8-9H,4-7H2,1H3. The zero-order valence-electron chi connectivity index (χ0n) is 13.0. The number of halogens is 1. The molecule has 124 valence electrons. The molecule has 1 fully saturated rings. The van der Waals surface area contributed by atoms with Gasteiger partial charge in [0.1, 0.15) is 0 Å². The number of aromatic nitrogens is 2. The minimum absolute atomic E-state index is 0.105. The van der Waals surface area contributed by atoms with Gasteiger partial charge in [-0.15, -0.1) is 0 Å². The van der Waals surface area contributed by atoms with Crippen LogP contribution in [0, 0.1) is 6.92 Å². The first-order valence-corrected chi connectivity index (χ1v) is 8.83. The molecule has 0 aliphatic carbocycles. The normalized spacial score (nSPS) is 15.2. The van der Waals surface area contributed by atoms with Gasteiger partial charge in [0.2, 0.25) is 5.76 Å². The Hall–Kier alpha value is -2.12. The fraction of sp³-hybridized carbons (Fsp3) is 0.312. The number of amides is 1. The molecule has 8 heteroatoms. The van der Waals surface area contributed by atoms with Crippen LogP contribution in [0.1, 0.15) is 16.2 Å². The number of anilines is 1. The number of nitrogens with zero attached hydrogens (tertiary/aromatic N) is 4. The van der Waals surface area contributed by atoms with Gasteiger partial charge in [-0.05, 0) is 25.1 Å². The zero-order valence-corrected chi connectivity index (χ0v) is 14.6. The van der Waals surface area contributed by atoms with E-state index < -0.39 is 0 Å². The minimum atomic E-state index is -0.105. The maximum absolute atomic E-state index is 12.4. The molecule has 0 atom stereocenters. The second kappa shape index (κ2) is 6.07. The Balaban J connectivity index is 1.46. The van der Waals surface area contributed by atoms with Crippen molar-refractivity contribution in [3.63, 3.8) is 0 Å². The van der Waals surface area contributed by atoms with E-state index in [0.29, 0.717) is 24.5 Å². The van der Waals surface area contributed by atoms with Gasteiger partial charge in [-0.3, -0.25) is 4.79 Å². The molecule has 1 aromatic carbocycles. The molecule has 1 aliphatic rings. The number of benzene rings is 1. The van der Waals surface area contributed by atoms with Gasteiger partial charge >= 0.3 is 0 Å². The lowest BCUT2D eigenvalue weighted by Crippen LogP contribution is -2.48. The highest BCUT2D eigenvalue weighted by atomic mass is 35.5. The number of carbonyl (C=O) groups is 1. The highest BCUT2D eigenvalue weighted by molar-refractivity contribution is 7.22. The monoisotopic (exact) mass is 362 g/mol. The summed E-state index contributed by atoms with van der Waals surface area (Å²) in [7, 11) is 0. The summed E-state index contributed by atoms with van der Waals surface area (Å²) in [6.07, 6.45) is 0. The molecule has 1 amide bonds. The Morgan fingerprint density at radius 1 is 1.25 bits per heavy atom. The lowest BCUT2D eigenvalue weighted by atomic mass is 10.3. The van der Waals surface area contributed by atoms with Crippen molar-refractivity contribution < 1.29 is 9.32 Å². The molecule has 6 nitrogen and oxygen atoms in total. The summed E-state index contributed by atoms with van der Waals surface area (Å²) in [6.45, 7) is 4.56. The Bertz CT molecular complexity index is 899. The first kappa shape index (κ1) is 15.4. The van der Waals surface area contributed by atoms with Crippen molar-refractivity contribution in [1.82, 2.24) is 15.0 Å². The molecule has 0 saturated carbocycles. The van der Waals surface area contributed by atoms with Crippen LogP contribution in [0.2, 0.25) is 5.02 Å². The van der Waals surface area contributed by atoms with E-state index in [1.165, 1.54) is 0 Å². The second-order valence-corrected chi connectivity index (χ2v) is 7.17. The van der Waals surface area contributed by atoms with E-state index in [1.807, 2.05) is 18.2 Å². The van der Waals surface area contributed by atoms with Gasteiger partial charge in [0, 0.05) is 37.3 Å². The highest BCUT2D eigenvalue weighted by Gasteiger charge is 2.26. The van der Waals surface area contributed by atoms with E-state index >= 15 is 0 Å². The molecule has 4 rings (SSSR count). The van der Waals surface area contributed by atoms with Crippen LogP contribution in [-0.4, -0.2) is 47.1 Å². The summed E-state index contributed by atoms with van der Waals surface area (Å²) in [5, 5.41) is 5.46. The van der Waals surface area contributed by atoms with E-state index in [2.05, 4.69) is 15.0 Å². The van der Waals surface area contributed by atoms with Crippen molar-refractivity contribution in [2.75, 3.05) is 31.1 Å². The number of carbonyl (C=O) groups excluding carboxylic acids is 1. The van der Waals surface area contributed by atoms with Crippen molar-refractivity contribution >= 4 is 44.2 Å². The third-order valence-electron chi connectivity index (χ3n) is 4.02. The molecule has 3 aromatic rings. The molecule has 2 aromatic heterocycles. The number of fused-ring (bicyclic) bond motifs is 1. The van der Waals surface area contributed by atoms with E-state index in [-0.39, 0.29) is 5.91 Å². The van der Waals surface area contributed by atoms with Crippen LogP contribution in [-0.2, 0) is 0 Å². The lowest BCUT2D eigenvalue weighted by molar-refractivity contribution is 0.0704. The lowest BCUT2D eigenvalue weighted by Gasteiger charge is -2.33. The van der Waals surface area contributed by atoms with E-state index in [9.17, 15) is 4.79 Å². The molecule has 1 saturated heterocycles. The first-order chi connectivity index (χ1) is 11.6. The van der Waals surface area contributed by atoms with Crippen LogP contribution in [0.4, 0.5) is 5.13 Å². The zero-order chi connectivity index (χ0) is 16.7. The maximum atomic E-state index is 12.4. The molecule has 0 spiro atoms. The van der Waals surface area contributed by atoms with Gasteiger partial charge in [-0.1, -0.05) is 28.1 Å². The van der Waals surface area contributed by atoms with Crippen molar-refractivity contribution in [3.05, 3.63) is 40.7 Å². The van der Waals surface area contributed by atoms with E-state index in [4.69, 9.17) is 16.1 Å². The number of piperazine rings is 1. The molecule has 0 N–H and O–H groups in total. The number of thiazole rings is 1. The molecule has 3 heterocycles. The van der Waals surface area contributed by atoms with Gasteiger partial charge in [-0.2, -0.15) is 0 Å². The largest absolute Gasteiger partial charge is 0.351 e. The third kappa shape index (κ3) is 2.85. The van der Waals surface area contributed by atoms with Crippen LogP contribution in [0.5, 0.6) is 0 Å². The van der Waals surface area contributed by atoms with E-state index in [1.54, 1.807) is 29.2 Å². The summed E-state index contributed by atoms with van der Waals surface area (Å²) in [6, 6.07) is 7.39. The third-order valence-corrected chi connectivity index (χ3v) is 5.33. The fourth-order valence-electron chi connectivity index (χ4n) is 2.74. The minimum Gasteiger partial charge on any atom is -0.351 e. The Morgan fingerprint density at radius 2 is 2.04 bits per heavy atom. The van der Waals surface area contributed by atoms with Crippen LogP contribution >= 0.6 is 22.9 Å². The molecular weight excluding hydrogens is 348 g/mol. The first-order valence-electron chi connectivity index (χ1n) is 7.64. The molecule has 0 bridgehead atoms. The van der Waals surface area contributed by atoms with Crippen molar-refractivity contribution in [2.45, 2.75) is 6.92 Å². The van der Waals surface area contributed by atoms with Gasteiger partial charge in [0.25, 0.3) is 5.91 Å². The SMILES string of the molecule is Cc1cc(C(=O)N2CCN(c3nc4ccc(Cl)cc4s3)CC2)on1. The summed E-state index contributed by atoms with van der Waals surface area (Å²) in [5.74, 6) is 0.196. The summed E-state index contributed by atoms with van der Waals surface area (Å²) < 4.78 is 6.14. The van der Waals surface area contributed by atoms with Gasteiger partial charge in [-0.25, -0.2) is 4.98 Å². The Morgan fingerprint density at radius 3 is 2.75 bits per heavy atom. The molecule has 0 unspecified atom stereocenters. The fourth-order valence-corrected chi connectivity index (χ4v) is 4.04. The Kier molecular flexibility index (Phi) is 3.90. The predicted molar refractivity (Wildman–Crippen MR) is 94.0 cm³/mol. The van der Waals surface area contributed by atoms with Gasteiger partial charge in [0.05, 0.1) is 15.9 Å². The molecule has 1 aliphatic heterocycles. The van der Waals surface area contributed by atoms with Crippen LogP contribution in [0.3, 0.4) is 0 Å². The average molecular weight is 363 g/mol. The van der Waals surface area contributed by atoms with Gasteiger partial charge in [0.15, 0.2) is 5.13 Å². The molecular formula is C16H15ClN4O2S. The predicted octanol–water partition coefficient (Wildman–Crippen LogP) is 3.21. The number of hydrogen-bond donors (Lipinski definition) is 0. The maximum Gasteiger partial charge on any atom is 0.292 e. The van der Waals surface area contributed by atoms with Crippen LogP contribution < -0.4 is 4.90 Å². The Labute approximate surface area is 147 Å². The highest BCUT2D eigenvalue weighted by Crippen LogP contribution is 2.31. The van der Waals surface area contributed by atoms with Crippen molar-refractivity contribution in [2.24, 2.45) is 0 Å². The smallest absolute Gasteiger partial charge is 0.292 e. The number of aryl methyl sites for hydroxylation is 1. The average Bonchev–Trinajstić information content (AvgIpc) is 3.20. The van der Waals surface area contributed by atoms with Crippen LogP contribution in [0.25, 0.3) is 10.2 Å². The van der Waals surface area contributed by atoms with Crippen LogP contribution in [0.15, 0.2) is 28.8 Å². The molecule has 0 radical (unpaired) electrons. The number of rotatable bonds is 2. The summed E-state index contributed by atoms with van der Waals surface area (Å²) in [5.41, 5.74) is 1.67. The van der Waals surface area contributed by atoms with Crippen molar-refractivity contribution in [3.8, 4) is 0 Å². The summed E-state index contributed by atoms with van der Waals surface area (Å²) in [4.78, 5) is 21.0. The van der Waals surface area contributed by atoms with Crippen molar-refractivity contribution in [1.29, 1.82) is 0 Å². The molecule has 24 heavy (non-hydrogen) atoms.